The van der Waals surface area contributed by atoms with E-state index in [0.717, 1.165) is 19.3 Å². The number of carbonyl (C=O) groups is 2. The van der Waals surface area contributed by atoms with Gasteiger partial charge in [0, 0.05) is 0 Å². The molecule has 0 aliphatic carbocycles. The molecule has 0 spiro atoms. The molecule has 6 heteroatoms. The number of hydrogen-bond acceptors (Lipinski definition) is 4. The third-order valence-electron chi connectivity index (χ3n) is 4.72. The SMILES string of the molecule is CCCCCCCCCC(N[C@H](C(=O)O)C(C)C)N[C@H](C(=O)O)C(C)C. The molecule has 6 nitrogen and oxygen atoms in total. The Bertz CT molecular complexity index is 371. The Balaban J connectivity index is 4.72. The highest BCUT2D eigenvalue weighted by Crippen LogP contribution is 2.12. The lowest BCUT2D eigenvalue weighted by atomic mass is 10.0. The van der Waals surface area contributed by atoms with Crippen molar-refractivity contribution in [1.29, 1.82) is 0 Å². The van der Waals surface area contributed by atoms with E-state index in [-0.39, 0.29) is 18.0 Å². The fourth-order valence-corrected chi connectivity index (χ4v) is 3.05. The highest BCUT2D eigenvalue weighted by Gasteiger charge is 2.29. The van der Waals surface area contributed by atoms with Gasteiger partial charge in [0.2, 0.25) is 0 Å². The van der Waals surface area contributed by atoms with Crippen LogP contribution in [0.25, 0.3) is 0 Å². The Labute approximate surface area is 159 Å². The van der Waals surface area contributed by atoms with Gasteiger partial charge in [0.15, 0.2) is 0 Å². The lowest BCUT2D eigenvalue weighted by Crippen LogP contribution is -2.57. The molecule has 0 saturated carbocycles. The van der Waals surface area contributed by atoms with Crippen LogP contribution in [0, 0.1) is 11.8 Å². The van der Waals surface area contributed by atoms with Crippen molar-refractivity contribution < 1.29 is 19.8 Å². The largest absolute Gasteiger partial charge is 0.480 e. The van der Waals surface area contributed by atoms with Gasteiger partial charge in [0.05, 0.1) is 6.17 Å². The van der Waals surface area contributed by atoms with Gasteiger partial charge in [-0.05, 0) is 18.3 Å². The van der Waals surface area contributed by atoms with E-state index in [1.54, 1.807) is 0 Å². The maximum Gasteiger partial charge on any atom is 0.321 e. The first kappa shape index (κ1) is 24.9. The molecule has 2 atom stereocenters. The number of carboxylic acid groups (broad SMARTS) is 2. The standard InChI is InChI=1S/C20H40N2O4/c1-6-7-8-9-10-11-12-13-16(21-17(14(2)3)19(23)24)22-18(15(4)5)20(25)26/h14-18,21-22H,6-13H2,1-5H3,(H,23,24)(H,25,26)/t17-,18-/m0/s1. The predicted molar refractivity (Wildman–Crippen MR) is 105 cm³/mol. The molecule has 4 N–H and O–H groups in total. The van der Waals surface area contributed by atoms with Gasteiger partial charge >= 0.3 is 11.9 Å². The summed E-state index contributed by atoms with van der Waals surface area (Å²) >= 11 is 0. The summed E-state index contributed by atoms with van der Waals surface area (Å²) in [5.41, 5.74) is 0. The van der Waals surface area contributed by atoms with Crippen LogP contribution in [-0.2, 0) is 9.59 Å². The molecule has 0 radical (unpaired) electrons. The van der Waals surface area contributed by atoms with Crippen molar-refractivity contribution in [3.8, 4) is 0 Å². The fraction of sp³-hybridized carbons (Fsp3) is 0.900. The highest BCUT2D eigenvalue weighted by atomic mass is 16.4. The van der Waals surface area contributed by atoms with Crippen molar-refractivity contribution in [1.82, 2.24) is 10.6 Å². The van der Waals surface area contributed by atoms with E-state index in [2.05, 4.69) is 17.6 Å². The predicted octanol–water partition coefficient (Wildman–Crippen LogP) is 3.85. The van der Waals surface area contributed by atoms with Crippen LogP contribution in [0.5, 0.6) is 0 Å². The molecule has 0 heterocycles. The first-order valence-electron chi connectivity index (χ1n) is 10.2. The molecule has 0 aromatic rings. The first-order chi connectivity index (χ1) is 12.2. The lowest BCUT2D eigenvalue weighted by molar-refractivity contribution is -0.141. The van der Waals surface area contributed by atoms with Gasteiger partial charge in [-0.2, -0.15) is 0 Å². The van der Waals surface area contributed by atoms with E-state index < -0.39 is 24.0 Å². The van der Waals surface area contributed by atoms with Crippen molar-refractivity contribution in [3.05, 3.63) is 0 Å². The van der Waals surface area contributed by atoms with Crippen LogP contribution in [0.4, 0.5) is 0 Å². The molecule has 26 heavy (non-hydrogen) atoms. The normalized spacial score (nSPS) is 14.2. The minimum Gasteiger partial charge on any atom is -0.480 e. The van der Waals surface area contributed by atoms with E-state index in [9.17, 15) is 19.8 Å². The van der Waals surface area contributed by atoms with E-state index >= 15 is 0 Å². The zero-order valence-electron chi connectivity index (χ0n) is 17.3. The van der Waals surface area contributed by atoms with Crippen molar-refractivity contribution in [2.45, 2.75) is 104 Å². The molecule has 0 aliphatic heterocycles. The fourth-order valence-electron chi connectivity index (χ4n) is 3.05. The van der Waals surface area contributed by atoms with Gasteiger partial charge in [0.1, 0.15) is 12.1 Å². The molecule has 0 fully saturated rings. The van der Waals surface area contributed by atoms with Crippen molar-refractivity contribution in [2.75, 3.05) is 0 Å². The van der Waals surface area contributed by atoms with E-state index in [1.807, 2.05) is 27.7 Å². The zero-order chi connectivity index (χ0) is 20.1. The number of carboxylic acids is 2. The Morgan fingerprint density at radius 1 is 0.731 bits per heavy atom. The van der Waals surface area contributed by atoms with Crippen molar-refractivity contribution in [2.24, 2.45) is 11.8 Å². The zero-order valence-corrected chi connectivity index (χ0v) is 17.3. The molecule has 0 aromatic heterocycles. The molecule has 0 unspecified atom stereocenters. The Morgan fingerprint density at radius 2 is 1.12 bits per heavy atom. The van der Waals surface area contributed by atoms with Gasteiger partial charge in [0.25, 0.3) is 0 Å². The first-order valence-corrected chi connectivity index (χ1v) is 10.2. The second-order valence-corrected chi connectivity index (χ2v) is 7.92. The molecule has 0 saturated heterocycles. The van der Waals surface area contributed by atoms with Gasteiger partial charge < -0.3 is 10.2 Å². The molecule has 0 amide bonds. The van der Waals surface area contributed by atoms with Gasteiger partial charge in [-0.25, -0.2) is 0 Å². The topological polar surface area (TPSA) is 98.7 Å². The van der Waals surface area contributed by atoms with E-state index in [0.29, 0.717) is 0 Å². The maximum absolute atomic E-state index is 11.5. The second-order valence-electron chi connectivity index (χ2n) is 7.92. The summed E-state index contributed by atoms with van der Waals surface area (Å²) in [7, 11) is 0. The number of nitrogens with one attached hydrogen (secondary N) is 2. The average molecular weight is 373 g/mol. The van der Waals surface area contributed by atoms with Gasteiger partial charge in [-0.1, -0.05) is 79.6 Å². The van der Waals surface area contributed by atoms with Crippen LogP contribution < -0.4 is 10.6 Å². The van der Waals surface area contributed by atoms with Crippen LogP contribution >= 0.6 is 0 Å². The summed E-state index contributed by atoms with van der Waals surface area (Å²) in [6.07, 6.45) is 8.60. The summed E-state index contributed by atoms with van der Waals surface area (Å²) in [6.45, 7) is 9.62. The Morgan fingerprint density at radius 3 is 1.46 bits per heavy atom. The number of rotatable bonds is 16. The minimum absolute atomic E-state index is 0.0758. The van der Waals surface area contributed by atoms with Gasteiger partial charge in [-0.15, -0.1) is 0 Å². The van der Waals surface area contributed by atoms with Crippen LogP contribution in [0.3, 0.4) is 0 Å². The molecule has 0 bridgehead atoms. The molecular weight excluding hydrogens is 332 g/mol. The Hall–Kier alpha value is -1.14. The summed E-state index contributed by atoms with van der Waals surface area (Å²) in [5, 5.41) is 25.1. The summed E-state index contributed by atoms with van der Waals surface area (Å²) in [5.74, 6) is -1.95. The number of hydrogen-bond donors (Lipinski definition) is 4. The van der Waals surface area contributed by atoms with Gasteiger partial charge in [-0.3, -0.25) is 20.2 Å². The third-order valence-corrected chi connectivity index (χ3v) is 4.72. The third kappa shape index (κ3) is 10.8. The number of unbranched alkanes of at least 4 members (excludes halogenated alkanes) is 6. The van der Waals surface area contributed by atoms with E-state index in [4.69, 9.17) is 0 Å². The van der Waals surface area contributed by atoms with E-state index in [1.165, 1.54) is 32.1 Å². The second kappa shape index (κ2) is 14.0. The lowest BCUT2D eigenvalue weighted by Gasteiger charge is -2.30. The average Bonchev–Trinajstić information content (AvgIpc) is 2.54. The van der Waals surface area contributed by atoms with Crippen LogP contribution in [0.1, 0.15) is 86.0 Å². The van der Waals surface area contributed by atoms with Crippen LogP contribution in [0.15, 0.2) is 0 Å². The molecule has 0 aliphatic rings. The smallest absolute Gasteiger partial charge is 0.321 e. The summed E-state index contributed by atoms with van der Waals surface area (Å²) in [6, 6.07) is -1.39. The minimum atomic E-state index is -0.900. The number of aliphatic carboxylic acids is 2. The quantitative estimate of drug-likeness (QED) is 0.243. The Kier molecular flexibility index (Phi) is 13.4. The molecular formula is C20H40N2O4. The van der Waals surface area contributed by atoms with Crippen LogP contribution in [-0.4, -0.2) is 40.4 Å². The monoisotopic (exact) mass is 372 g/mol. The summed E-state index contributed by atoms with van der Waals surface area (Å²) < 4.78 is 0. The van der Waals surface area contributed by atoms with Crippen molar-refractivity contribution in [3.63, 3.8) is 0 Å². The highest BCUT2D eigenvalue weighted by molar-refractivity contribution is 5.74. The van der Waals surface area contributed by atoms with Crippen molar-refractivity contribution >= 4 is 11.9 Å². The van der Waals surface area contributed by atoms with Crippen LogP contribution in [0.2, 0.25) is 0 Å². The molecule has 154 valence electrons. The maximum atomic E-state index is 11.5. The summed E-state index contributed by atoms with van der Waals surface area (Å²) in [4.78, 5) is 23.0. The molecule has 0 rings (SSSR count). The molecule has 0 aromatic carbocycles.